The van der Waals surface area contributed by atoms with Gasteiger partial charge in [0.25, 0.3) is 0 Å². The van der Waals surface area contributed by atoms with Crippen LogP contribution in [0.3, 0.4) is 0 Å². The molecule has 1 fully saturated rings. The molecule has 110 valence electrons. The van der Waals surface area contributed by atoms with E-state index in [1.807, 2.05) is 0 Å². The van der Waals surface area contributed by atoms with Crippen molar-refractivity contribution >= 4 is 27.6 Å². The predicted molar refractivity (Wildman–Crippen MR) is 70.6 cm³/mol. The van der Waals surface area contributed by atoms with Gasteiger partial charge >= 0.3 is 5.97 Å². The maximum Gasteiger partial charge on any atom is 0.305 e. The van der Waals surface area contributed by atoms with E-state index in [1.165, 1.54) is 12.1 Å². The number of rotatable bonds is 5. The lowest BCUT2D eigenvalue weighted by Crippen LogP contribution is -2.54. The highest BCUT2D eigenvalue weighted by molar-refractivity contribution is 7.89. The Kier molecular flexibility index (Phi) is 4.04. The second-order valence-corrected chi connectivity index (χ2v) is 6.92. The van der Waals surface area contributed by atoms with E-state index in [0.717, 1.165) is 12.5 Å². The maximum atomic E-state index is 13.8. The molecule has 0 aromatic heterocycles. The van der Waals surface area contributed by atoms with E-state index in [2.05, 4.69) is 4.72 Å². The summed E-state index contributed by atoms with van der Waals surface area (Å²) in [5, 5.41) is 8.55. The maximum absolute atomic E-state index is 13.8. The van der Waals surface area contributed by atoms with E-state index >= 15 is 0 Å². The minimum absolute atomic E-state index is 0.297. The van der Waals surface area contributed by atoms with E-state index in [-0.39, 0.29) is 11.4 Å². The van der Waals surface area contributed by atoms with Crippen molar-refractivity contribution in [3.8, 4) is 0 Å². The van der Waals surface area contributed by atoms with E-state index in [4.69, 9.17) is 16.7 Å². The number of carboxylic acid groups (broad SMARTS) is 1. The molecule has 0 amide bonds. The summed E-state index contributed by atoms with van der Waals surface area (Å²) < 4.78 is 40.5. The van der Waals surface area contributed by atoms with Crippen molar-refractivity contribution in [2.45, 2.75) is 36.1 Å². The number of sulfonamides is 1. The average molecular weight is 322 g/mol. The van der Waals surface area contributed by atoms with Gasteiger partial charge in [-0.05, 0) is 31.4 Å². The van der Waals surface area contributed by atoms with Crippen molar-refractivity contribution < 1.29 is 22.7 Å². The van der Waals surface area contributed by atoms with Crippen LogP contribution in [0.15, 0.2) is 23.1 Å². The van der Waals surface area contributed by atoms with Crippen LogP contribution in [-0.2, 0) is 14.8 Å². The third kappa shape index (κ3) is 2.94. The Balaban J connectivity index is 2.31. The lowest BCUT2D eigenvalue weighted by Gasteiger charge is -2.40. The molecule has 1 aromatic rings. The number of halogens is 2. The summed E-state index contributed by atoms with van der Waals surface area (Å²) in [6, 6.07) is 3.66. The van der Waals surface area contributed by atoms with E-state index in [1.54, 1.807) is 0 Å². The molecule has 0 unspecified atom stereocenters. The first-order valence-corrected chi connectivity index (χ1v) is 7.82. The van der Waals surface area contributed by atoms with Gasteiger partial charge in [-0.15, -0.1) is 0 Å². The van der Waals surface area contributed by atoms with Gasteiger partial charge in [0.05, 0.1) is 11.4 Å². The molecular formula is C12H13ClFNO4S. The van der Waals surface area contributed by atoms with E-state index < -0.39 is 32.2 Å². The van der Waals surface area contributed by atoms with Gasteiger partial charge in [-0.1, -0.05) is 17.7 Å². The van der Waals surface area contributed by atoms with Gasteiger partial charge in [0.1, 0.15) is 4.90 Å². The quantitative estimate of drug-likeness (QED) is 0.870. The number of benzene rings is 1. The summed E-state index contributed by atoms with van der Waals surface area (Å²) in [6.07, 6.45) is 1.24. The molecule has 1 saturated carbocycles. The van der Waals surface area contributed by atoms with Crippen molar-refractivity contribution in [1.29, 1.82) is 0 Å². The zero-order valence-corrected chi connectivity index (χ0v) is 12.0. The fraction of sp³-hybridized carbons (Fsp3) is 0.417. The highest BCUT2D eigenvalue weighted by atomic mass is 35.5. The fourth-order valence-electron chi connectivity index (χ4n) is 2.24. The number of hydrogen-bond acceptors (Lipinski definition) is 3. The zero-order valence-electron chi connectivity index (χ0n) is 10.4. The molecule has 0 heterocycles. The average Bonchev–Trinajstić information content (AvgIpc) is 2.28. The molecular weight excluding hydrogens is 309 g/mol. The Labute approximate surface area is 120 Å². The lowest BCUT2D eigenvalue weighted by molar-refractivity contribution is -0.139. The number of nitrogens with one attached hydrogen (secondary N) is 1. The number of carboxylic acids is 1. The van der Waals surface area contributed by atoms with Gasteiger partial charge < -0.3 is 5.11 Å². The van der Waals surface area contributed by atoms with Crippen molar-refractivity contribution in [2.75, 3.05) is 0 Å². The van der Waals surface area contributed by atoms with Crippen molar-refractivity contribution in [1.82, 2.24) is 4.72 Å². The summed E-state index contributed by atoms with van der Waals surface area (Å²) in [7, 11) is -4.15. The highest BCUT2D eigenvalue weighted by Crippen LogP contribution is 2.36. The summed E-state index contributed by atoms with van der Waals surface area (Å²) >= 11 is 5.56. The Morgan fingerprint density at radius 3 is 2.60 bits per heavy atom. The van der Waals surface area contributed by atoms with Crippen LogP contribution in [0.5, 0.6) is 0 Å². The van der Waals surface area contributed by atoms with Gasteiger partial charge in [-0.3, -0.25) is 4.79 Å². The van der Waals surface area contributed by atoms with Crippen LogP contribution in [0, 0.1) is 5.82 Å². The van der Waals surface area contributed by atoms with Crippen LogP contribution in [0.1, 0.15) is 25.7 Å². The van der Waals surface area contributed by atoms with Crippen molar-refractivity contribution in [3.05, 3.63) is 29.0 Å². The number of aliphatic carboxylic acids is 1. The van der Waals surface area contributed by atoms with Gasteiger partial charge in [-0.2, -0.15) is 0 Å². The molecule has 0 saturated heterocycles. The van der Waals surface area contributed by atoms with Crippen molar-refractivity contribution in [3.63, 3.8) is 0 Å². The summed E-state index contributed by atoms with van der Waals surface area (Å²) in [5.74, 6) is -2.13. The van der Waals surface area contributed by atoms with Crippen LogP contribution >= 0.6 is 11.6 Å². The Morgan fingerprint density at radius 2 is 2.10 bits per heavy atom. The monoisotopic (exact) mass is 321 g/mol. The predicted octanol–water partition coefficient (Wildman–Crippen LogP) is 2.15. The molecule has 1 aromatic carbocycles. The third-order valence-electron chi connectivity index (χ3n) is 3.36. The second kappa shape index (κ2) is 5.31. The number of carbonyl (C=O) groups is 1. The van der Waals surface area contributed by atoms with Gasteiger partial charge in [0, 0.05) is 5.54 Å². The first kappa shape index (κ1) is 15.2. The molecule has 5 nitrogen and oxygen atoms in total. The molecule has 20 heavy (non-hydrogen) atoms. The van der Waals surface area contributed by atoms with Crippen LogP contribution in [0.2, 0.25) is 5.02 Å². The van der Waals surface area contributed by atoms with E-state index in [0.29, 0.717) is 12.8 Å². The van der Waals surface area contributed by atoms with Crippen molar-refractivity contribution in [2.24, 2.45) is 0 Å². The third-order valence-corrected chi connectivity index (χ3v) is 5.24. The van der Waals surface area contributed by atoms with Crippen LogP contribution in [0.25, 0.3) is 0 Å². The van der Waals surface area contributed by atoms with Gasteiger partial charge in [0.15, 0.2) is 5.82 Å². The standard InChI is InChI=1S/C12H13ClFNO4S/c13-8-3-1-4-9(11(8)14)20(18,19)15-12(5-2-6-12)7-10(16)17/h1,3-4,15H,2,5-7H2,(H,16,17). The molecule has 0 aliphatic heterocycles. The Bertz CT molecular complexity index is 643. The summed E-state index contributed by atoms with van der Waals surface area (Å²) in [5.41, 5.74) is -1.03. The zero-order chi connectivity index (χ0) is 15.0. The second-order valence-electron chi connectivity index (χ2n) is 4.86. The summed E-state index contributed by atoms with van der Waals surface area (Å²) in [6.45, 7) is 0. The normalized spacial score (nSPS) is 17.5. The first-order chi connectivity index (χ1) is 9.26. The molecule has 0 radical (unpaired) electrons. The molecule has 1 aliphatic rings. The smallest absolute Gasteiger partial charge is 0.305 e. The molecule has 1 aliphatic carbocycles. The van der Waals surface area contributed by atoms with Gasteiger partial charge in [0.2, 0.25) is 10.0 Å². The molecule has 0 spiro atoms. The first-order valence-electron chi connectivity index (χ1n) is 5.96. The van der Waals surface area contributed by atoms with Crippen LogP contribution in [-0.4, -0.2) is 25.0 Å². The van der Waals surface area contributed by atoms with Gasteiger partial charge in [-0.25, -0.2) is 17.5 Å². The lowest BCUT2D eigenvalue weighted by atomic mass is 9.75. The fourth-order valence-corrected chi connectivity index (χ4v) is 4.03. The SMILES string of the molecule is O=C(O)CC1(NS(=O)(=O)c2cccc(Cl)c2F)CCC1. The minimum atomic E-state index is -4.15. The number of hydrogen-bond donors (Lipinski definition) is 2. The Morgan fingerprint density at radius 1 is 1.45 bits per heavy atom. The Hall–Kier alpha value is -1.18. The van der Waals surface area contributed by atoms with E-state index in [9.17, 15) is 17.6 Å². The molecule has 2 rings (SSSR count). The van der Waals surface area contributed by atoms with Crippen LogP contribution < -0.4 is 4.72 Å². The largest absolute Gasteiger partial charge is 0.481 e. The summed E-state index contributed by atoms with van der Waals surface area (Å²) in [4.78, 5) is 10.3. The molecule has 8 heteroatoms. The minimum Gasteiger partial charge on any atom is -0.481 e. The topological polar surface area (TPSA) is 83.5 Å². The molecule has 0 atom stereocenters. The highest BCUT2D eigenvalue weighted by Gasteiger charge is 2.43. The van der Waals surface area contributed by atoms with Crippen LogP contribution in [0.4, 0.5) is 4.39 Å². The molecule has 2 N–H and O–H groups in total. The molecule has 0 bridgehead atoms.